The molecule has 23 heavy (non-hydrogen) atoms. The number of methoxy groups -OCH3 is 2. The fourth-order valence-electron chi connectivity index (χ4n) is 2.58. The molecule has 0 aliphatic carbocycles. The molecule has 2 rings (SSSR count). The molecule has 1 aliphatic heterocycles. The summed E-state index contributed by atoms with van der Waals surface area (Å²) >= 11 is 0. The quantitative estimate of drug-likeness (QED) is 0.758. The molecule has 0 N–H and O–H groups in total. The van der Waals surface area contributed by atoms with E-state index in [-0.39, 0.29) is 23.5 Å². The number of hydrogen-bond acceptors (Lipinski definition) is 5. The van der Waals surface area contributed by atoms with Gasteiger partial charge in [-0.3, -0.25) is 4.79 Å². The predicted molar refractivity (Wildman–Crippen MR) is 88.4 cm³/mol. The molecule has 0 aromatic heterocycles. The Morgan fingerprint density at radius 1 is 1.30 bits per heavy atom. The Hall–Kier alpha value is -2.02. The summed E-state index contributed by atoms with van der Waals surface area (Å²) in [5, 5.41) is 0. The molecule has 1 amide bonds. The third-order valence-corrected chi connectivity index (χ3v) is 5.69. The Labute approximate surface area is 136 Å². The van der Waals surface area contributed by atoms with Gasteiger partial charge in [-0.05, 0) is 18.6 Å². The van der Waals surface area contributed by atoms with E-state index in [2.05, 4.69) is 0 Å². The van der Waals surface area contributed by atoms with Crippen LogP contribution in [-0.4, -0.2) is 58.0 Å². The van der Waals surface area contributed by atoms with Gasteiger partial charge in [-0.15, -0.1) is 0 Å². The highest BCUT2D eigenvalue weighted by molar-refractivity contribution is 7.91. The van der Waals surface area contributed by atoms with Gasteiger partial charge in [0, 0.05) is 24.7 Å². The van der Waals surface area contributed by atoms with Gasteiger partial charge >= 0.3 is 0 Å². The van der Waals surface area contributed by atoms with Crippen LogP contribution in [0.25, 0.3) is 6.08 Å². The van der Waals surface area contributed by atoms with E-state index in [1.165, 1.54) is 18.1 Å². The van der Waals surface area contributed by atoms with Gasteiger partial charge in [0.1, 0.15) is 0 Å². The van der Waals surface area contributed by atoms with Crippen molar-refractivity contribution in [2.24, 2.45) is 0 Å². The van der Waals surface area contributed by atoms with Crippen molar-refractivity contribution in [1.82, 2.24) is 4.90 Å². The van der Waals surface area contributed by atoms with Crippen molar-refractivity contribution in [3.63, 3.8) is 0 Å². The second-order valence-electron chi connectivity index (χ2n) is 5.42. The van der Waals surface area contributed by atoms with Crippen LogP contribution in [0.4, 0.5) is 0 Å². The van der Waals surface area contributed by atoms with Crippen LogP contribution in [-0.2, 0) is 14.6 Å². The van der Waals surface area contributed by atoms with E-state index < -0.39 is 9.84 Å². The maximum atomic E-state index is 12.2. The summed E-state index contributed by atoms with van der Waals surface area (Å²) in [6.07, 6.45) is 3.55. The Balaban J connectivity index is 2.12. The van der Waals surface area contributed by atoms with E-state index >= 15 is 0 Å². The van der Waals surface area contributed by atoms with Gasteiger partial charge in [-0.25, -0.2) is 8.42 Å². The standard InChI is InChI=1S/C16H21NO5S/c1-17(13-9-10-23(19,20)11-13)15(18)8-7-12-5-4-6-14(21-2)16(12)22-3/h4-8,13H,9-11H2,1-3H3/b8-7+. The number of amides is 1. The molecule has 1 heterocycles. The van der Waals surface area contributed by atoms with Gasteiger partial charge in [-0.2, -0.15) is 0 Å². The summed E-state index contributed by atoms with van der Waals surface area (Å²) in [5.74, 6) is 1.06. The topological polar surface area (TPSA) is 72.9 Å². The number of benzene rings is 1. The van der Waals surface area contributed by atoms with E-state index in [0.717, 1.165) is 0 Å². The molecule has 1 aromatic carbocycles. The summed E-state index contributed by atoms with van der Waals surface area (Å²) in [6, 6.07) is 5.13. The summed E-state index contributed by atoms with van der Waals surface area (Å²) < 4.78 is 33.6. The van der Waals surface area contributed by atoms with E-state index in [9.17, 15) is 13.2 Å². The van der Waals surface area contributed by atoms with Gasteiger partial charge in [0.15, 0.2) is 21.3 Å². The third kappa shape index (κ3) is 4.04. The number of para-hydroxylation sites is 1. The van der Waals surface area contributed by atoms with Crippen LogP contribution in [0, 0.1) is 0 Å². The summed E-state index contributed by atoms with van der Waals surface area (Å²) in [4.78, 5) is 13.7. The molecule has 0 spiro atoms. The number of likely N-dealkylation sites (N-methyl/N-ethyl adjacent to an activating group) is 1. The molecule has 0 saturated carbocycles. The average Bonchev–Trinajstić information content (AvgIpc) is 2.91. The number of hydrogen-bond donors (Lipinski definition) is 0. The van der Waals surface area contributed by atoms with Gasteiger partial charge in [-0.1, -0.05) is 12.1 Å². The van der Waals surface area contributed by atoms with Crippen LogP contribution in [0.1, 0.15) is 12.0 Å². The second kappa shape index (κ2) is 7.04. The van der Waals surface area contributed by atoms with Gasteiger partial charge < -0.3 is 14.4 Å². The molecular weight excluding hydrogens is 318 g/mol. The first-order chi connectivity index (χ1) is 10.9. The molecule has 126 valence electrons. The Bertz CT molecular complexity index is 711. The van der Waals surface area contributed by atoms with Crippen molar-refractivity contribution >= 4 is 21.8 Å². The number of carbonyl (C=O) groups excluding carboxylic acids is 1. The fourth-order valence-corrected chi connectivity index (χ4v) is 4.36. The highest BCUT2D eigenvalue weighted by atomic mass is 32.2. The third-order valence-electron chi connectivity index (χ3n) is 3.94. The number of nitrogens with zero attached hydrogens (tertiary/aromatic N) is 1. The monoisotopic (exact) mass is 339 g/mol. The predicted octanol–water partition coefficient (Wildman–Crippen LogP) is 1.36. The lowest BCUT2D eigenvalue weighted by Gasteiger charge is -2.21. The smallest absolute Gasteiger partial charge is 0.246 e. The molecule has 6 nitrogen and oxygen atoms in total. The number of carbonyl (C=O) groups is 1. The molecule has 1 aromatic rings. The first-order valence-electron chi connectivity index (χ1n) is 7.24. The van der Waals surface area contributed by atoms with Gasteiger partial charge in [0.25, 0.3) is 0 Å². The molecule has 1 saturated heterocycles. The van der Waals surface area contributed by atoms with E-state index in [1.807, 2.05) is 6.07 Å². The first kappa shape index (κ1) is 17.3. The lowest BCUT2D eigenvalue weighted by Crippen LogP contribution is -2.36. The Morgan fingerprint density at radius 3 is 2.61 bits per heavy atom. The maximum absolute atomic E-state index is 12.2. The first-order valence-corrected chi connectivity index (χ1v) is 9.06. The van der Waals surface area contributed by atoms with Crippen molar-refractivity contribution in [3.8, 4) is 11.5 Å². The minimum atomic E-state index is -3.02. The Morgan fingerprint density at radius 2 is 2.04 bits per heavy atom. The molecular formula is C16H21NO5S. The minimum absolute atomic E-state index is 0.0333. The van der Waals surface area contributed by atoms with E-state index in [0.29, 0.717) is 23.5 Å². The summed E-state index contributed by atoms with van der Waals surface area (Å²) in [6.45, 7) is 0. The summed E-state index contributed by atoms with van der Waals surface area (Å²) in [7, 11) is 1.69. The van der Waals surface area contributed by atoms with Crippen molar-refractivity contribution in [2.75, 3.05) is 32.8 Å². The number of rotatable bonds is 5. The fraction of sp³-hybridized carbons (Fsp3) is 0.438. The van der Waals surface area contributed by atoms with E-state index in [1.54, 1.807) is 32.4 Å². The van der Waals surface area contributed by atoms with Crippen LogP contribution in [0.5, 0.6) is 11.5 Å². The molecule has 1 aliphatic rings. The van der Waals surface area contributed by atoms with Crippen LogP contribution in [0.2, 0.25) is 0 Å². The zero-order chi connectivity index (χ0) is 17.0. The minimum Gasteiger partial charge on any atom is -0.493 e. The van der Waals surface area contributed by atoms with Crippen LogP contribution >= 0.6 is 0 Å². The molecule has 1 unspecified atom stereocenters. The van der Waals surface area contributed by atoms with Crippen LogP contribution in [0.15, 0.2) is 24.3 Å². The van der Waals surface area contributed by atoms with Crippen molar-refractivity contribution in [2.45, 2.75) is 12.5 Å². The van der Waals surface area contributed by atoms with Gasteiger partial charge in [0.2, 0.25) is 5.91 Å². The molecule has 1 fully saturated rings. The van der Waals surface area contributed by atoms with Crippen LogP contribution in [0.3, 0.4) is 0 Å². The average molecular weight is 339 g/mol. The zero-order valence-electron chi connectivity index (χ0n) is 13.5. The lowest BCUT2D eigenvalue weighted by molar-refractivity contribution is -0.126. The van der Waals surface area contributed by atoms with E-state index in [4.69, 9.17) is 9.47 Å². The number of sulfone groups is 1. The number of ether oxygens (including phenoxy) is 2. The lowest BCUT2D eigenvalue weighted by atomic mass is 10.1. The Kier molecular flexibility index (Phi) is 5.30. The van der Waals surface area contributed by atoms with Crippen molar-refractivity contribution in [3.05, 3.63) is 29.8 Å². The SMILES string of the molecule is COc1cccc(/C=C/C(=O)N(C)C2CCS(=O)(=O)C2)c1OC. The normalized spacial score (nSPS) is 19.7. The zero-order valence-corrected chi connectivity index (χ0v) is 14.3. The molecule has 0 bridgehead atoms. The maximum Gasteiger partial charge on any atom is 0.246 e. The molecule has 7 heteroatoms. The highest BCUT2D eigenvalue weighted by Crippen LogP contribution is 2.31. The second-order valence-corrected chi connectivity index (χ2v) is 7.65. The van der Waals surface area contributed by atoms with Crippen LogP contribution < -0.4 is 9.47 Å². The molecule has 0 radical (unpaired) electrons. The summed E-state index contributed by atoms with van der Waals surface area (Å²) in [5.41, 5.74) is 0.715. The van der Waals surface area contributed by atoms with Gasteiger partial charge in [0.05, 0.1) is 25.7 Å². The van der Waals surface area contributed by atoms with Crippen molar-refractivity contribution in [1.29, 1.82) is 0 Å². The highest BCUT2D eigenvalue weighted by Gasteiger charge is 2.32. The largest absolute Gasteiger partial charge is 0.493 e. The molecule has 1 atom stereocenters. The van der Waals surface area contributed by atoms with Crippen molar-refractivity contribution < 1.29 is 22.7 Å².